The minimum absolute atomic E-state index is 0. The zero-order valence-corrected chi connectivity index (χ0v) is 21.9. The van der Waals surface area contributed by atoms with Gasteiger partial charge in [0.1, 0.15) is 11.9 Å². The Morgan fingerprint density at radius 2 is 1.74 bits per heavy atom. The lowest BCUT2D eigenvalue weighted by Crippen LogP contribution is -2.38. The highest BCUT2D eigenvalue weighted by molar-refractivity contribution is 7.90. The fraction of sp³-hybridized carbons (Fsp3) is 0.280. The van der Waals surface area contributed by atoms with Gasteiger partial charge in [-0.15, -0.1) is 24.8 Å². The van der Waals surface area contributed by atoms with Gasteiger partial charge in [-0.05, 0) is 55.0 Å². The monoisotopic (exact) mass is 534 g/mol. The zero-order valence-electron chi connectivity index (χ0n) is 19.5. The maximum absolute atomic E-state index is 11.6. The Morgan fingerprint density at radius 1 is 1.03 bits per heavy atom. The molecule has 0 spiro atoms. The number of anilines is 1. The highest BCUT2D eigenvalue weighted by atomic mass is 35.5. The molecule has 1 aliphatic rings. The van der Waals surface area contributed by atoms with Gasteiger partial charge in [-0.1, -0.05) is 6.07 Å². The number of hydrogen-bond acceptors (Lipinski definition) is 6. The summed E-state index contributed by atoms with van der Waals surface area (Å²) in [5.41, 5.74) is 5.35. The zero-order chi connectivity index (χ0) is 23.0. The first-order chi connectivity index (χ1) is 15.9. The first kappa shape index (κ1) is 26.8. The number of aromatic nitrogens is 3. The molecule has 1 aliphatic heterocycles. The Bertz CT molecular complexity index is 1400. The van der Waals surface area contributed by atoms with E-state index in [4.69, 9.17) is 4.74 Å². The number of aryl methyl sites for hydroxylation is 1. The first-order valence-electron chi connectivity index (χ1n) is 11.0. The van der Waals surface area contributed by atoms with Crippen molar-refractivity contribution in [1.29, 1.82) is 0 Å². The molecule has 1 fully saturated rings. The van der Waals surface area contributed by atoms with Crippen molar-refractivity contribution >= 4 is 51.2 Å². The van der Waals surface area contributed by atoms with Crippen molar-refractivity contribution in [3.05, 3.63) is 66.6 Å². The summed E-state index contributed by atoms with van der Waals surface area (Å²) in [7, 11) is -3.20. The SMILES string of the molecule is Cc1n[nH]cc1-c1ccc2nccc(N3CCC(Oc4ccc(S(C)(=O)=O)cc4)CC3)c2c1.Cl.Cl. The van der Waals surface area contributed by atoms with E-state index in [9.17, 15) is 8.42 Å². The van der Waals surface area contributed by atoms with Gasteiger partial charge in [0.15, 0.2) is 9.84 Å². The molecule has 0 amide bonds. The molecule has 2 aromatic heterocycles. The molecule has 5 rings (SSSR count). The molecule has 186 valence electrons. The van der Waals surface area contributed by atoms with E-state index < -0.39 is 9.84 Å². The molecule has 4 aromatic rings. The number of sulfone groups is 1. The van der Waals surface area contributed by atoms with Gasteiger partial charge in [-0.25, -0.2) is 8.42 Å². The van der Waals surface area contributed by atoms with Crippen LogP contribution in [0.4, 0.5) is 5.69 Å². The average Bonchev–Trinajstić information content (AvgIpc) is 3.24. The number of nitrogens with one attached hydrogen (secondary N) is 1. The number of rotatable bonds is 5. The lowest BCUT2D eigenvalue weighted by molar-refractivity contribution is 0.171. The summed E-state index contributed by atoms with van der Waals surface area (Å²) in [6.07, 6.45) is 6.88. The van der Waals surface area contributed by atoms with Crippen LogP contribution in [0, 0.1) is 6.92 Å². The minimum atomic E-state index is -3.20. The third-order valence-electron chi connectivity index (χ3n) is 6.20. The topological polar surface area (TPSA) is 88.2 Å². The van der Waals surface area contributed by atoms with Gasteiger partial charge in [-0.3, -0.25) is 10.1 Å². The number of nitrogens with zero attached hydrogens (tertiary/aromatic N) is 3. The number of benzene rings is 2. The number of aromatic amines is 1. The van der Waals surface area contributed by atoms with Gasteiger partial charge in [0.2, 0.25) is 0 Å². The summed E-state index contributed by atoms with van der Waals surface area (Å²) >= 11 is 0. The maximum Gasteiger partial charge on any atom is 0.175 e. The summed E-state index contributed by atoms with van der Waals surface area (Å²) in [5.74, 6) is 0.704. The number of fused-ring (bicyclic) bond motifs is 1. The summed E-state index contributed by atoms with van der Waals surface area (Å²) in [5, 5.41) is 8.32. The van der Waals surface area contributed by atoms with Crippen LogP contribution in [-0.2, 0) is 9.84 Å². The van der Waals surface area contributed by atoms with Gasteiger partial charge < -0.3 is 9.64 Å². The maximum atomic E-state index is 11.6. The van der Waals surface area contributed by atoms with Gasteiger partial charge in [0.25, 0.3) is 0 Å². The molecule has 2 aromatic carbocycles. The Labute approximate surface area is 217 Å². The molecule has 1 saturated heterocycles. The van der Waals surface area contributed by atoms with E-state index >= 15 is 0 Å². The summed E-state index contributed by atoms with van der Waals surface area (Å²) in [4.78, 5) is 7.26. The second kappa shape index (κ2) is 10.8. The third-order valence-corrected chi connectivity index (χ3v) is 7.33. The Hall–Kier alpha value is -2.81. The smallest absolute Gasteiger partial charge is 0.175 e. The predicted octanol–water partition coefficient (Wildman–Crippen LogP) is 5.23. The molecule has 0 radical (unpaired) electrons. The average molecular weight is 535 g/mol. The third kappa shape index (κ3) is 5.72. The minimum Gasteiger partial charge on any atom is -0.490 e. The van der Waals surface area contributed by atoms with Crippen LogP contribution in [0.15, 0.2) is 65.8 Å². The second-order valence-corrected chi connectivity index (χ2v) is 10.5. The van der Waals surface area contributed by atoms with E-state index in [2.05, 4.69) is 44.3 Å². The largest absolute Gasteiger partial charge is 0.490 e. The molecule has 0 aliphatic carbocycles. The van der Waals surface area contributed by atoms with Crippen LogP contribution < -0.4 is 9.64 Å². The lowest BCUT2D eigenvalue weighted by atomic mass is 10.0. The summed E-state index contributed by atoms with van der Waals surface area (Å²) in [6, 6.07) is 15.1. The van der Waals surface area contributed by atoms with E-state index in [1.807, 2.05) is 19.3 Å². The number of halogens is 2. The molecule has 0 bridgehead atoms. The normalized spacial score (nSPS) is 14.3. The van der Waals surface area contributed by atoms with Gasteiger partial charge >= 0.3 is 0 Å². The molecule has 0 saturated carbocycles. The Morgan fingerprint density at radius 3 is 2.37 bits per heavy atom. The van der Waals surface area contributed by atoms with Gasteiger partial charge in [-0.2, -0.15) is 5.10 Å². The van der Waals surface area contributed by atoms with Crippen LogP contribution in [-0.4, -0.2) is 49.0 Å². The molecule has 1 N–H and O–H groups in total. The fourth-order valence-electron chi connectivity index (χ4n) is 4.40. The van der Waals surface area contributed by atoms with Crippen LogP contribution >= 0.6 is 24.8 Å². The van der Waals surface area contributed by atoms with E-state index in [1.54, 1.807) is 24.3 Å². The summed E-state index contributed by atoms with van der Waals surface area (Å²) in [6.45, 7) is 3.75. The Kier molecular flexibility index (Phi) is 8.30. The van der Waals surface area contributed by atoms with Crippen molar-refractivity contribution in [2.75, 3.05) is 24.2 Å². The van der Waals surface area contributed by atoms with Crippen LogP contribution in [0.3, 0.4) is 0 Å². The molecule has 0 unspecified atom stereocenters. The predicted molar refractivity (Wildman–Crippen MR) is 144 cm³/mol. The fourth-order valence-corrected chi connectivity index (χ4v) is 5.03. The molecular formula is C25H28Cl2N4O3S. The number of ether oxygens (including phenoxy) is 1. The number of hydrogen-bond donors (Lipinski definition) is 1. The number of piperidine rings is 1. The van der Waals surface area contributed by atoms with E-state index in [-0.39, 0.29) is 30.9 Å². The van der Waals surface area contributed by atoms with Crippen molar-refractivity contribution in [3.8, 4) is 16.9 Å². The van der Waals surface area contributed by atoms with Gasteiger partial charge in [0.05, 0.1) is 16.1 Å². The van der Waals surface area contributed by atoms with Crippen molar-refractivity contribution in [3.63, 3.8) is 0 Å². The number of pyridine rings is 1. The van der Waals surface area contributed by atoms with E-state index in [0.717, 1.165) is 53.7 Å². The molecular weight excluding hydrogens is 507 g/mol. The van der Waals surface area contributed by atoms with Crippen molar-refractivity contribution < 1.29 is 13.2 Å². The molecule has 0 atom stereocenters. The molecule has 3 heterocycles. The van der Waals surface area contributed by atoms with E-state index in [0.29, 0.717) is 10.6 Å². The van der Waals surface area contributed by atoms with Gasteiger partial charge in [0, 0.05) is 61.2 Å². The first-order valence-corrected chi connectivity index (χ1v) is 12.9. The van der Waals surface area contributed by atoms with Crippen LogP contribution in [0.5, 0.6) is 5.75 Å². The van der Waals surface area contributed by atoms with Crippen LogP contribution in [0.1, 0.15) is 18.5 Å². The Balaban J connectivity index is 0.00000171. The lowest BCUT2D eigenvalue weighted by Gasteiger charge is -2.34. The van der Waals surface area contributed by atoms with Crippen LogP contribution in [0.2, 0.25) is 0 Å². The van der Waals surface area contributed by atoms with Crippen molar-refractivity contribution in [1.82, 2.24) is 15.2 Å². The molecule has 7 nitrogen and oxygen atoms in total. The molecule has 35 heavy (non-hydrogen) atoms. The van der Waals surface area contributed by atoms with E-state index in [1.165, 1.54) is 11.9 Å². The van der Waals surface area contributed by atoms with Crippen molar-refractivity contribution in [2.45, 2.75) is 30.8 Å². The number of H-pyrrole nitrogens is 1. The second-order valence-electron chi connectivity index (χ2n) is 8.49. The van der Waals surface area contributed by atoms with Crippen LogP contribution in [0.25, 0.3) is 22.0 Å². The quantitative estimate of drug-likeness (QED) is 0.377. The molecule has 10 heteroatoms. The highest BCUT2D eigenvalue weighted by Crippen LogP contribution is 2.33. The van der Waals surface area contributed by atoms with Crippen molar-refractivity contribution in [2.24, 2.45) is 0 Å². The standard InChI is InChI=1S/C25H26N4O3S.2ClH/c1-17-23(16-27-28-17)18-3-8-24-22(15-18)25(9-12-26-24)29-13-10-20(11-14-29)32-19-4-6-21(7-5-19)33(2,30)31;;/h3-9,12,15-16,20H,10-11,13-14H2,1-2H3,(H,27,28);2*1H. The highest BCUT2D eigenvalue weighted by Gasteiger charge is 2.22. The summed E-state index contributed by atoms with van der Waals surface area (Å²) < 4.78 is 29.4.